The normalized spacial score (nSPS) is 22.6. The maximum Gasteiger partial charge on any atom is 0.241 e. The van der Waals surface area contributed by atoms with Crippen LogP contribution >= 0.6 is 0 Å². The quantitative estimate of drug-likeness (QED) is 0.900. The molecule has 0 spiro atoms. The zero-order chi connectivity index (χ0) is 14.7. The highest BCUT2D eigenvalue weighted by molar-refractivity contribution is 5.84. The van der Waals surface area contributed by atoms with E-state index in [2.05, 4.69) is 5.32 Å². The van der Waals surface area contributed by atoms with Crippen LogP contribution in [0.1, 0.15) is 44.8 Å². The molecule has 0 bridgehead atoms. The lowest BCUT2D eigenvalue weighted by Crippen LogP contribution is -2.32. The Morgan fingerprint density at radius 3 is 2.60 bits per heavy atom. The van der Waals surface area contributed by atoms with Gasteiger partial charge in [-0.1, -0.05) is 20.3 Å². The average Bonchev–Trinajstić information content (AvgIpc) is 2.69. The van der Waals surface area contributed by atoms with Crippen molar-refractivity contribution >= 4 is 5.91 Å². The summed E-state index contributed by atoms with van der Waals surface area (Å²) >= 11 is 0. The number of carbonyl (C=O) groups is 1. The number of nitrogens with zero attached hydrogens (tertiary/aromatic N) is 1. The fraction of sp³-hybridized carbons (Fsp3) is 0.533. The van der Waals surface area contributed by atoms with Gasteiger partial charge in [-0.15, -0.1) is 0 Å². The number of hydrogen-bond acceptors (Lipinski definition) is 2. The Kier molecular flexibility index (Phi) is 4.70. The van der Waals surface area contributed by atoms with Gasteiger partial charge in [-0.25, -0.2) is 8.78 Å². The molecule has 2 rings (SSSR count). The maximum atomic E-state index is 13.9. The molecule has 3 nitrogen and oxygen atoms in total. The van der Waals surface area contributed by atoms with E-state index in [1.54, 1.807) is 4.90 Å². The summed E-state index contributed by atoms with van der Waals surface area (Å²) in [5, 5.41) is 3.17. The van der Waals surface area contributed by atoms with Gasteiger partial charge >= 0.3 is 0 Å². The van der Waals surface area contributed by atoms with Gasteiger partial charge in [0.15, 0.2) is 0 Å². The molecular weight excluding hydrogens is 262 g/mol. The highest BCUT2D eigenvalue weighted by atomic mass is 19.1. The monoisotopic (exact) mass is 282 g/mol. The first kappa shape index (κ1) is 14.9. The molecule has 1 N–H and O–H groups in total. The number of rotatable bonds is 5. The fourth-order valence-electron chi connectivity index (χ4n) is 2.64. The summed E-state index contributed by atoms with van der Waals surface area (Å²) in [6.07, 6.45) is 1.89. The summed E-state index contributed by atoms with van der Waals surface area (Å²) in [5.74, 6) is -1.22. The van der Waals surface area contributed by atoms with Crippen LogP contribution in [-0.4, -0.2) is 23.4 Å². The number of carbonyl (C=O) groups excluding carboxylic acids is 1. The van der Waals surface area contributed by atoms with Crippen LogP contribution in [0.4, 0.5) is 8.78 Å². The predicted octanol–water partition coefficient (Wildman–Crippen LogP) is 2.97. The molecule has 1 fully saturated rings. The number of amides is 1. The second-order valence-electron chi connectivity index (χ2n) is 5.11. The molecule has 1 aliphatic heterocycles. The van der Waals surface area contributed by atoms with Crippen molar-refractivity contribution in [1.29, 1.82) is 0 Å². The molecule has 20 heavy (non-hydrogen) atoms. The van der Waals surface area contributed by atoms with Crippen molar-refractivity contribution in [2.45, 2.75) is 45.3 Å². The third kappa shape index (κ3) is 2.82. The van der Waals surface area contributed by atoms with Crippen LogP contribution < -0.4 is 5.32 Å². The third-order valence-electron chi connectivity index (χ3n) is 3.55. The first-order valence-electron chi connectivity index (χ1n) is 7.10. The van der Waals surface area contributed by atoms with E-state index in [9.17, 15) is 13.6 Å². The van der Waals surface area contributed by atoms with Crippen molar-refractivity contribution in [3.63, 3.8) is 0 Å². The molecule has 0 radical (unpaired) electrons. The van der Waals surface area contributed by atoms with E-state index in [1.807, 2.05) is 13.8 Å². The Hall–Kier alpha value is -1.49. The smallest absolute Gasteiger partial charge is 0.241 e. The van der Waals surface area contributed by atoms with Gasteiger partial charge in [0, 0.05) is 18.2 Å². The van der Waals surface area contributed by atoms with Crippen molar-refractivity contribution in [2.75, 3.05) is 6.54 Å². The molecule has 2 unspecified atom stereocenters. The molecule has 2 atom stereocenters. The lowest BCUT2D eigenvalue weighted by Gasteiger charge is -2.24. The number of halogens is 2. The highest BCUT2D eigenvalue weighted by Gasteiger charge is 2.39. The molecule has 110 valence electrons. The van der Waals surface area contributed by atoms with E-state index in [1.165, 1.54) is 12.1 Å². The van der Waals surface area contributed by atoms with Gasteiger partial charge in [0.1, 0.15) is 17.8 Å². The van der Waals surface area contributed by atoms with Crippen LogP contribution in [0.25, 0.3) is 0 Å². The van der Waals surface area contributed by atoms with Crippen LogP contribution in [0.15, 0.2) is 18.2 Å². The summed E-state index contributed by atoms with van der Waals surface area (Å²) < 4.78 is 27.0. The number of benzene rings is 1. The van der Waals surface area contributed by atoms with Crippen molar-refractivity contribution in [1.82, 2.24) is 10.2 Å². The molecule has 1 amide bonds. The first-order valence-corrected chi connectivity index (χ1v) is 7.10. The van der Waals surface area contributed by atoms with Crippen LogP contribution in [0.2, 0.25) is 0 Å². The van der Waals surface area contributed by atoms with Crippen molar-refractivity contribution in [2.24, 2.45) is 0 Å². The molecule has 5 heteroatoms. The molecule has 0 aliphatic carbocycles. The van der Waals surface area contributed by atoms with Crippen molar-refractivity contribution < 1.29 is 13.6 Å². The summed E-state index contributed by atoms with van der Waals surface area (Å²) in [4.78, 5) is 14.0. The Balaban J connectivity index is 2.30. The SMILES string of the molecule is CCCC1NC(c2ccc(F)cc2F)N(CCC)C1=O. The minimum Gasteiger partial charge on any atom is -0.321 e. The molecule has 1 saturated heterocycles. The Labute approximate surface area is 118 Å². The Morgan fingerprint density at radius 2 is 2.00 bits per heavy atom. The molecule has 0 saturated carbocycles. The molecule has 1 aromatic rings. The zero-order valence-corrected chi connectivity index (χ0v) is 11.8. The molecule has 1 aromatic carbocycles. The van der Waals surface area contributed by atoms with Gasteiger partial charge in [0.05, 0.1) is 6.04 Å². The molecule has 1 aliphatic rings. The average molecular weight is 282 g/mol. The minimum absolute atomic E-state index is 0.00225. The van der Waals surface area contributed by atoms with Crippen molar-refractivity contribution in [3.05, 3.63) is 35.4 Å². The first-order chi connectivity index (χ1) is 9.58. The van der Waals surface area contributed by atoms with Gasteiger partial charge in [0.2, 0.25) is 5.91 Å². The standard InChI is InChI=1S/C15H20F2N2O/c1-3-5-13-15(20)19(8-4-2)14(18-13)11-7-6-10(16)9-12(11)17/h6-7,9,13-14,18H,3-5,8H2,1-2H3. The number of hydrogen-bond donors (Lipinski definition) is 1. The van der Waals surface area contributed by atoms with E-state index >= 15 is 0 Å². The van der Waals surface area contributed by atoms with Crippen LogP contribution in [0.5, 0.6) is 0 Å². The molecule has 1 heterocycles. The second kappa shape index (κ2) is 6.31. The largest absolute Gasteiger partial charge is 0.321 e. The number of nitrogens with one attached hydrogen (secondary N) is 1. The summed E-state index contributed by atoms with van der Waals surface area (Å²) in [6.45, 7) is 4.54. The third-order valence-corrected chi connectivity index (χ3v) is 3.55. The topological polar surface area (TPSA) is 32.3 Å². The van der Waals surface area contributed by atoms with Gasteiger partial charge in [-0.2, -0.15) is 0 Å². The van der Waals surface area contributed by atoms with Crippen molar-refractivity contribution in [3.8, 4) is 0 Å². The minimum atomic E-state index is -0.617. The van der Waals surface area contributed by atoms with E-state index in [0.717, 1.165) is 25.3 Å². The Bertz CT molecular complexity index is 493. The van der Waals surface area contributed by atoms with Gasteiger partial charge in [-0.05, 0) is 25.0 Å². The van der Waals surface area contributed by atoms with Crippen LogP contribution in [-0.2, 0) is 4.79 Å². The van der Waals surface area contributed by atoms with E-state index in [0.29, 0.717) is 12.1 Å². The van der Waals surface area contributed by atoms with E-state index in [4.69, 9.17) is 0 Å². The van der Waals surface area contributed by atoms with E-state index < -0.39 is 17.8 Å². The lowest BCUT2D eigenvalue weighted by molar-refractivity contribution is -0.130. The summed E-state index contributed by atoms with van der Waals surface area (Å²) in [6, 6.07) is 3.22. The summed E-state index contributed by atoms with van der Waals surface area (Å²) in [7, 11) is 0. The van der Waals surface area contributed by atoms with Gasteiger partial charge < -0.3 is 4.90 Å². The second-order valence-corrected chi connectivity index (χ2v) is 5.11. The van der Waals surface area contributed by atoms with Gasteiger partial charge in [-0.3, -0.25) is 10.1 Å². The summed E-state index contributed by atoms with van der Waals surface area (Å²) in [5.41, 5.74) is 0.326. The van der Waals surface area contributed by atoms with Crippen LogP contribution in [0.3, 0.4) is 0 Å². The Morgan fingerprint density at radius 1 is 1.25 bits per heavy atom. The highest BCUT2D eigenvalue weighted by Crippen LogP contribution is 2.29. The molecular formula is C15H20F2N2O. The molecule has 0 aromatic heterocycles. The van der Waals surface area contributed by atoms with E-state index in [-0.39, 0.29) is 11.9 Å². The van der Waals surface area contributed by atoms with Gasteiger partial charge in [0.25, 0.3) is 0 Å². The maximum absolute atomic E-state index is 13.9. The van der Waals surface area contributed by atoms with Crippen LogP contribution in [0, 0.1) is 11.6 Å². The fourth-order valence-corrected chi connectivity index (χ4v) is 2.64. The lowest BCUT2D eigenvalue weighted by atomic mass is 10.1. The predicted molar refractivity (Wildman–Crippen MR) is 72.9 cm³/mol. The zero-order valence-electron chi connectivity index (χ0n) is 11.8.